The van der Waals surface area contributed by atoms with Gasteiger partial charge in [0.15, 0.2) is 7.14 Å². The second kappa shape index (κ2) is 8.31. The Kier molecular flexibility index (Phi) is 5.52. The van der Waals surface area contributed by atoms with Crippen molar-refractivity contribution in [3.05, 3.63) is 114 Å². The highest BCUT2D eigenvalue weighted by Gasteiger charge is 2.39. The van der Waals surface area contributed by atoms with E-state index in [9.17, 15) is 13.2 Å². The van der Waals surface area contributed by atoms with Gasteiger partial charge in [0.1, 0.15) is 11.6 Å². The van der Waals surface area contributed by atoms with Crippen molar-refractivity contribution in [2.45, 2.75) is 13.1 Å². The summed E-state index contributed by atoms with van der Waals surface area (Å²) in [7, 11) is -4.47. The maximum absolute atomic E-state index is 15.3. The predicted octanol–water partition coefficient (Wildman–Crippen LogP) is 7.24. The van der Waals surface area contributed by atoms with E-state index in [2.05, 4.69) is 0 Å². The van der Waals surface area contributed by atoms with Gasteiger partial charge in [0.2, 0.25) is 0 Å². The van der Waals surface area contributed by atoms with Crippen molar-refractivity contribution in [3.8, 4) is 0 Å². The van der Waals surface area contributed by atoms with Gasteiger partial charge in [0.05, 0.1) is 16.2 Å². The van der Waals surface area contributed by atoms with E-state index in [1.165, 1.54) is 12.1 Å². The maximum Gasteiger partial charge on any atom is 0.416 e. The van der Waals surface area contributed by atoms with Crippen LogP contribution in [-0.4, -0.2) is 0 Å². The summed E-state index contributed by atoms with van der Waals surface area (Å²) in [5.41, 5.74) is -0.619. The smallest absolute Gasteiger partial charge is 0.308 e. The minimum Gasteiger partial charge on any atom is -0.308 e. The molecule has 0 aliphatic heterocycles. The molecule has 0 bridgehead atoms. The number of halogens is 5. The van der Waals surface area contributed by atoms with E-state index in [1.54, 1.807) is 49.4 Å². The molecule has 1 atom stereocenters. The lowest BCUT2D eigenvalue weighted by atomic mass is 10.0. The Bertz CT molecular complexity index is 1660. The average Bonchev–Trinajstić information content (AvgIpc) is 2.84. The number of fused-ring (bicyclic) bond motifs is 3. The summed E-state index contributed by atoms with van der Waals surface area (Å²) in [4.78, 5) is 0. The summed E-state index contributed by atoms with van der Waals surface area (Å²) >= 11 is 0. The number of benzene rings is 5. The van der Waals surface area contributed by atoms with Crippen LogP contribution in [0.5, 0.6) is 0 Å². The van der Waals surface area contributed by atoms with Crippen LogP contribution >= 0.6 is 7.14 Å². The zero-order valence-corrected chi connectivity index (χ0v) is 19.3. The first kappa shape index (κ1) is 23.3. The molecule has 176 valence electrons. The monoisotopic (exact) mass is 496 g/mol. The molecule has 0 aromatic heterocycles. The van der Waals surface area contributed by atoms with Crippen LogP contribution in [0.2, 0.25) is 0 Å². The van der Waals surface area contributed by atoms with Crippen LogP contribution in [-0.2, 0) is 10.7 Å². The molecule has 0 saturated heterocycles. The highest BCUT2D eigenvalue weighted by molar-refractivity contribution is 7.85. The Balaban J connectivity index is 1.99. The molecule has 0 aliphatic carbocycles. The maximum atomic E-state index is 15.3. The second-order valence-corrected chi connectivity index (χ2v) is 11.1. The van der Waals surface area contributed by atoms with Crippen molar-refractivity contribution in [1.29, 1.82) is 0 Å². The molecule has 5 aromatic rings. The Morgan fingerprint density at radius 1 is 0.629 bits per heavy atom. The minimum atomic E-state index is -4.80. The van der Waals surface area contributed by atoms with Gasteiger partial charge in [-0.3, -0.25) is 0 Å². The van der Waals surface area contributed by atoms with Crippen molar-refractivity contribution in [2.75, 3.05) is 0 Å². The first-order valence-corrected chi connectivity index (χ1v) is 12.5. The zero-order valence-electron chi connectivity index (χ0n) is 18.4. The predicted molar refractivity (Wildman–Crippen MR) is 131 cm³/mol. The molecule has 1 nitrogen and oxygen atoms in total. The molecule has 0 heterocycles. The summed E-state index contributed by atoms with van der Waals surface area (Å²) in [5, 5.41) is 1.67. The molecular formula is C28H18F5OP. The van der Waals surface area contributed by atoms with Gasteiger partial charge in [-0.15, -0.1) is 0 Å². The third kappa shape index (κ3) is 3.82. The SMILES string of the molecule is Cc1ccc(F)c(P(=O)(c2cc(C(F)(F)F)ccc2F)c2cc3ccccc3c3ccccc23)c1. The Labute approximate surface area is 198 Å². The molecule has 0 spiro atoms. The van der Waals surface area contributed by atoms with E-state index in [4.69, 9.17) is 0 Å². The molecule has 0 amide bonds. The van der Waals surface area contributed by atoms with Crippen LogP contribution in [0.15, 0.2) is 91.0 Å². The normalized spacial score (nSPS) is 13.8. The lowest BCUT2D eigenvalue weighted by Gasteiger charge is -2.24. The van der Waals surface area contributed by atoms with E-state index in [0.717, 1.165) is 11.5 Å². The van der Waals surface area contributed by atoms with E-state index in [1.807, 2.05) is 12.1 Å². The fourth-order valence-electron chi connectivity index (χ4n) is 4.48. The van der Waals surface area contributed by atoms with E-state index in [0.29, 0.717) is 39.9 Å². The first-order valence-electron chi connectivity index (χ1n) is 10.8. The number of aryl methyl sites for hydroxylation is 1. The zero-order chi connectivity index (χ0) is 25.0. The van der Waals surface area contributed by atoms with Gasteiger partial charge in [0, 0.05) is 5.30 Å². The van der Waals surface area contributed by atoms with Crippen LogP contribution in [0.3, 0.4) is 0 Å². The highest BCUT2D eigenvalue weighted by atomic mass is 31.2. The summed E-state index contributed by atoms with van der Waals surface area (Å²) in [5.74, 6) is -1.98. The molecule has 0 saturated carbocycles. The van der Waals surface area contributed by atoms with E-state index < -0.39 is 35.8 Å². The van der Waals surface area contributed by atoms with Gasteiger partial charge in [-0.1, -0.05) is 60.2 Å². The standard InChI is InChI=1S/C28H18F5OP/c1-17-10-12-23(29)26(14-17)35(34,27-16-19(28(31,32)33)11-13-24(27)30)25-15-18-6-2-3-7-20(18)21-8-4-5-9-22(21)25/h2-16H,1H3. The van der Waals surface area contributed by atoms with E-state index >= 15 is 13.3 Å². The fourth-order valence-corrected chi connectivity index (χ4v) is 7.57. The summed E-state index contributed by atoms with van der Waals surface area (Å²) in [6.07, 6.45) is -4.80. The van der Waals surface area contributed by atoms with E-state index in [-0.39, 0.29) is 10.6 Å². The lowest BCUT2D eigenvalue weighted by molar-refractivity contribution is -0.137. The summed E-state index contributed by atoms with van der Waals surface area (Å²) in [6.45, 7) is 1.65. The van der Waals surface area contributed by atoms with Gasteiger partial charge in [0.25, 0.3) is 0 Å². The molecule has 5 rings (SSSR count). The molecule has 0 radical (unpaired) electrons. The molecule has 0 aliphatic rings. The Morgan fingerprint density at radius 3 is 1.89 bits per heavy atom. The van der Waals surface area contributed by atoms with Gasteiger partial charge in [-0.05, 0) is 64.9 Å². The third-order valence-electron chi connectivity index (χ3n) is 6.14. The molecule has 0 fully saturated rings. The van der Waals surface area contributed by atoms with Crippen LogP contribution in [0.4, 0.5) is 22.0 Å². The minimum absolute atomic E-state index is 0.0783. The van der Waals surface area contributed by atoms with Crippen LogP contribution in [0.25, 0.3) is 21.5 Å². The van der Waals surface area contributed by atoms with Crippen LogP contribution in [0.1, 0.15) is 11.1 Å². The van der Waals surface area contributed by atoms with Crippen LogP contribution in [0, 0.1) is 18.6 Å². The molecule has 35 heavy (non-hydrogen) atoms. The van der Waals surface area contributed by atoms with Crippen molar-refractivity contribution in [1.82, 2.24) is 0 Å². The van der Waals surface area contributed by atoms with Crippen molar-refractivity contribution in [2.24, 2.45) is 0 Å². The Morgan fingerprint density at radius 2 is 1.20 bits per heavy atom. The van der Waals surface area contributed by atoms with Crippen molar-refractivity contribution < 1.29 is 26.5 Å². The lowest BCUT2D eigenvalue weighted by Crippen LogP contribution is -2.30. The topological polar surface area (TPSA) is 17.1 Å². The van der Waals surface area contributed by atoms with Gasteiger partial charge in [-0.2, -0.15) is 13.2 Å². The Hall–Kier alpha value is -3.50. The second-order valence-electron chi connectivity index (χ2n) is 8.39. The number of alkyl halides is 3. The number of hydrogen-bond donors (Lipinski definition) is 0. The van der Waals surface area contributed by atoms with Crippen molar-refractivity contribution in [3.63, 3.8) is 0 Å². The number of rotatable bonds is 3. The summed E-state index contributed by atoms with van der Waals surface area (Å²) in [6, 6.07) is 21.4. The molecule has 0 N–H and O–H groups in total. The average molecular weight is 496 g/mol. The molecule has 7 heteroatoms. The third-order valence-corrected chi connectivity index (χ3v) is 9.23. The molecular weight excluding hydrogens is 478 g/mol. The van der Waals surface area contributed by atoms with Crippen LogP contribution < -0.4 is 15.9 Å². The summed E-state index contributed by atoms with van der Waals surface area (Å²) < 4.78 is 86.5. The molecule has 5 aromatic carbocycles. The molecule has 1 unspecified atom stereocenters. The quantitative estimate of drug-likeness (QED) is 0.146. The largest absolute Gasteiger partial charge is 0.416 e. The van der Waals surface area contributed by atoms with Gasteiger partial charge < -0.3 is 4.57 Å². The first-order chi connectivity index (χ1) is 16.6. The number of hydrogen-bond acceptors (Lipinski definition) is 1. The highest BCUT2D eigenvalue weighted by Crippen LogP contribution is 2.48. The van der Waals surface area contributed by atoms with Gasteiger partial charge in [-0.25, -0.2) is 8.78 Å². The van der Waals surface area contributed by atoms with Gasteiger partial charge >= 0.3 is 6.18 Å². The van der Waals surface area contributed by atoms with Crippen molar-refractivity contribution >= 4 is 44.6 Å². The fraction of sp³-hybridized carbons (Fsp3) is 0.0714.